The topological polar surface area (TPSA) is 75.4 Å². The van der Waals surface area contributed by atoms with Gasteiger partial charge in [0.25, 0.3) is 0 Å². The fourth-order valence-electron chi connectivity index (χ4n) is 1.91. The van der Waals surface area contributed by atoms with Crippen molar-refractivity contribution >= 4 is 5.91 Å². The van der Waals surface area contributed by atoms with E-state index in [2.05, 4.69) is 5.32 Å². The average molecular weight is 304 g/mol. The van der Waals surface area contributed by atoms with Crippen LogP contribution in [-0.2, 0) is 11.0 Å². The van der Waals surface area contributed by atoms with Crippen molar-refractivity contribution in [3.63, 3.8) is 0 Å². The van der Waals surface area contributed by atoms with Crippen LogP contribution < -0.4 is 11.1 Å². The molecule has 0 aromatic heterocycles. The molecule has 4 nitrogen and oxygen atoms in total. The van der Waals surface area contributed by atoms with E-state index in [1.54, 1.807) is 13.8 Å². The highest BCUT2D eigenvalue weighted by atomic mass is 19.4. The van der Waals surface area contributed by atoms with Gasteiger partial charge in [0.15, 0.2) is 0 Å². The maximum atomic E-state index is 12.6. The standard InChI is InChI=1S/C14H19F3N2O2/c1-13(2,7-12(18)21)19-8-11(20)9-4-3-5-10(6-9)14(15,16)17/h3-6,11,19-20H,7-8H2,1-2H3,(H2,18,21). The maximum absolute atomic E-state index is 12.6. The molecule has 0 aliphatic carbocycles. The van der Waals surface area contributed by atoms with Gasteiger partial charge in [0, 0.05) is 18.5 Å². The predicted molar refractivity (Wildman–Crippen MR) is 72.3 cm³/mol. The molecule has 0 fully saturated rings. The lowest BCUT2D eigenvalue weighted by Gasteiger charge is -2.26. The second kappa shape index (κ2) is 6.44. The molecule has 0 aliphatic rings. The van der Waals surface area contributed by atoms with Gasteiger partial charge < -0.3 is 16.2 Å². The number of nitrogens with two attached hydrogens (primary N) is 1. The Morgan fingerprint density at radius 2 is 2.00 bits per heavy atom. The number of carbonyl (C=O) groups excluding carboxylic acids is 1. The van der Waals surface area contributed by atoms with Gasteiger partial charge in [-0.1, -0.05) is 12.1 Å². The van der Waals surface area contributed by atoms with Crippen LogP contribution in [0, 0.1) is 0 Å². The van der Waals surface area contributed by atoms with Crippen molar-refractivity contribution in [2.75, 3.05) is 6.54 Å². The average Bonchev–Trinajstić information content (AvgIpc) is 2.33. The summed E-state index contributed by atoms with van der Waals surface area (Å²) in [5.74, 6) is -0.499. The van der Waals surface area contributed by atoms with Crippen LogP contribution in [0.4, 0.5) is 13.2 Å². The minimum absolute atomic E-state index is 0.0155. The first-order valence-corrected chi connectivity index (χ1v) is 6.40. The summed E-state index contributed by atoms with van der Waals surface area (Å²) in [6.07, 6.45) is -5.50. The van der Waals surface area contributed by atoms with Gasteiger partial charge in [0.1, 0.15) is 0 Å². The molecule has 21 heavy (non-hydrogen) atoms. The summed E-state index contributed by atoms with van der Waals surface area (Å²) in [6.45, 7) is 3.45. The molecule has 1 atom stereocenters. The van der Waals surface area contributed by atoms with Crippen LogP contribution in [0.5, 0.6) is 0 Å². The monoisotopic (exact) mass is 304 g/mol. The van der Waals surface area contributed by atoms with Crippen molar-refractivity contribution in [3.05, 3.63) is 35.4 Å². The smallest absolute Gasteiger partial charge is 0.387 e. The molecule has 1 aromatic carbocycles. The molecule has 1 aromatic rings. The van der Waals surface area contributed by atoms with Crippen molar-refractivity contribution in [3.8, 4) is 0 Å². The summed E-state index contributed by atoms with van der Waals surface area (Å²) in [6, 6.07) is 4.52. The van der Waals surface area contributed by atoms with E-state index in [1.807, 2.05) is 0 Å². The van der Waals surface area contributed by atoms with Crippen molar-refractivity contribution in [1.82, 2.24) is 5.32 Å². The number of carbonyl (C=O) groups is 1. The van der Waals surface area contributed by atoms with E-state index < -0.39 is 29.3 Å². The fraction of sp³-hybridized carbons (Fsp3) is 0.500. The minimum atomic E-state index is -4.45. The molecule has 1 unspecified atom stereocenters. The molecule has 0 saturated carbocycles. The summed E-state index contributed by atoms with van der Waals surface area (Å²) in [7, 11) is 0. The highest BCUT2D eigenvalue weighted by molar-refractivity contribution is 5.74. The molecule has 0 bridgehead atoms. The summed E-state index contributed by atoms with van der Waals surface area (Å²) in [5, 5.41) is 12.9. The Hall–Kier alpha value is -1.60. The van der Waals surface area contributed by atoms with Gasteiger partial charge in [-0.25, -0.2) is 0 Å². The molecule has 0 spiro atoms. The molecule has 1 rings (SSSR count). The molecular weight excluding hydrogens is 285 g/mol. The van der Waals surface area contributed by atoms with Gasteiger partial charge in [-0.3, -0.25) is 4.79 Å². The van der Waals surface area contributed by atoms with Crippen LogP contribution in [-0.4, -0.2) is 23.1 Å². The SMILES string of the molecule is CC(C)(CC(N)=O)NCC(O)c1cccc(C(F)(F)F)c1. The number of rotatable bonds is 6. The van der Waals surface area contributed by atoms with E-state index in [0.29, 0.717) is 0 Å². The van der Waals surface area contributed by atoms with Crippen molar-refractivity contribution in [2.45, 2.75) is 38.1 Å². The number of aliphatic hydroxyl groups excluding tert-OH is 1. The first-order valence-electron chi connectivity index (χ1n) is 6.40. The molecule has 118 valence electrons. The Kier molecular flexibility index (Phi) is 5.36. The number of amides is 1. The lowest BCUT2D eigenvalue weighted by molar-refractivity contribution is -0.137. The zero-order valence-corrected chi connectivity index (χ0v) is 11.9. The zero-order valence-electron chi connectivity index (χ0n) is 11.9. The molecular formula is C14H19F3N2O2. The Labute approximate surface area is 121 Å². The number of hydrogen-bond donors (Lipinski definition) is 3. The van der Waals surface area contributed by atoms with E-state index in [4.69, 9.17) is 5.73 Å². The predicted octanol–water partition coefficient (Wildman–Crippen LogP) is 1.98. The van der Waals surface area contributed by atoms with Crippen LogP contribution in [0.15, 0.2) is 24.3 Å². The van der Waals surface area contributed by atoms with Gasteiger partial charge in [-0.05, 0) is 31.5 Å². The molecule has 4 N–H and O–H groups in total. The fourth-order valence-corrected chi connectivity index (χ4v) is 1.91. The van der Waals surface area contributed by atoms with E-state index >= 15 is 0 Å². The van der Waals surface area contributed by atoms with Gasteiger partial charge in [-0.15, -0.1) is 0 Å². The number of β-amino-alcohol motifs (C(OH)–C–C–N with tert-alkyl or cyclic N) is 1. The quantitative estimate of drug-likeness (QED) is 0.752. The Bertz CT molecular complexity index is 501. The zero-order chi connectivity index (χ0) is 16.3. The van der Waals surface area contributed by atoms with Gasteiger partial charge in [0.05, 0.1) is 11.7 Å². The number of halogens is 3. The Balaban J connectivity index is 2.72. The summed E-state index contributed by atoms with van der Waals surface area (Å²) >= 11 is 0. The first kappa shape index (κ1) is 17.5. The van der Waals surface area contributed by atoms with E-state index in [-0.39, 0.29) is 18.5 Å². The Morgan fingerprint density at radius 3 is 2.52 bits per heavy atom. The lowest BCUT2D eigenvalue weighted by Crippen LogP contribution is -2.44. The maximum Gasteiger partial charge on any atom is 0.416 e. The largest absolute Gasteiger partial charge is 0.416 e. The summed E-state index contributed by atoms with van der Waals surface area (Å²) in [4.78, 5) is 10.9. The summed E-state index contributed by atoms with van der Waals surface area (Å²) in [5.41, 5.74) is 3.80. The Morgan fingerprint density at radius 1 is 1.38 bits per heavy atom. The van der Waals surface area contributed by atoms with Crippen LogP contribution >= 0.6 is 0 Å². The normalized spacial score (nSPS) is 14.0. The van der Waals surface area contributed by atoms with Crippen LogP contribution in [0.25, 0.3) is 0 Å². The third-order valence-corrected chi connectivity index (χ3v) is 2.99. The highest BCUT2D eigenvalue weighted by Gasteiger charge is 2.31. The van der Waals surface area contributed by atoms with Crippen LogP contribution in [0.2, 0.25) is 0 Å². The number of aliphatic hydroxyl groups is 1. The van der Waals surface area contributed by atoms with Gasteiger partial charge in [-0.2, -0.15) is 13.2 Å². The number of alkyl halides is 3. The lowest BCUT2D eigenvalue weighted by atomic mass is 9.99. The number of primary amides is 1. The minimum Gasteiger partial charge on any atom is -0.387 e. The van der Waals surface area contributed by atoms with Crippen molar-refractivity contribution in [2.24, 2.45) is 5.73 Å². The molecule has 0 radical (unpaired) electrons. The van der Waals surface area contributed by atoms with Crippen molar-refractivity contribution in [1.29, 1.82) is 0 Å². The molecule has 0 heterocycles. The number of nitrogens with one attached hydrogen (secondary N) is 1. The van der Waals surface area contributed by atoms with Crippen molar-refractivity contribution < 1.29 is 23.1 Å². The second-order valence-electron chi connectivity index (χ2n) is 5.55. The van der Waals surface area contributed by atoms with Crippen LogP contribution in [0.3, 0.4) is 0 Å². The molecule has 0 aliphatic heterocycles. The molecule has 0 saturated heterocycles. The molecule has 1 amide bonds. The van der Waals surface area contributed by atoms with E-state index in [9.17, 15) is 23.1 Å². The third-order valence-electron chi connectivity index (χ3n) is 2.99. The highest BCUT2D eigenvalue weighted by Crippen LogP contribution is 2.30. The third kappa shape index (κ3) is 5.73. The molecule has 7 heteroatoms. The van der Waals surface area contributed by atoms with Gasteiger partial charge in [0.2, 0.25) is 5.91 Å². The first-order chi connectivity index (χ1) is 9.51. The number of benzene rings is 1. The summed E-state index contributed by atoms with van der Waals surface area (Å²) < 4.78 is 37.8. The van der Waals surface area contributed by atoms with E-state index in [1.165, 1.54) is 12.1 Å². The van der Waals surface area contributed by atoms with Gasteiger partial charge >= 0.3 is 6.18 Å². The second-order valence-corrected chi connectivity index (χ2v) is 5.55. The number of hydrogen-bond acceptors (Lipinski definition) is 3. The van der Waals surface area contributed by atoms with E-state index in [0.717, 1.165) is 12.1 Å². The van der Waals surface area contributed by atoms with Crippen LogP contribution in [0.1, 0.15) is 37.5 Å².